The lowest BCUT2D eigenvalue weighted by atomic mass is 9.96. The van der Waals surface area contributed by atoms with Crippen LogP contribution in [0.4, 0.5) is 0 Å². The summed E-state index contributed by atoms with van der Waals surface area (Å²) in [6, 6.07) is 13.8. The molecule has 0 fully saturated rings. The molecule has 2 aromatic rings. The molecule has 0 saturated carbocycles. The van der Waals surface area contributed by atoms with E-state index in [0.717, 1.165) is 11.1 Å². The molecular weight excluding hydrogens is 256 g/mol. The Morgan fingerprint density at radius 1 is 1.15 bits per heavy atom. The van der Waals surface area contributed by atoms with Crippen LogP contribution in [0.3, 0.4) is 0 Å². The first-order valence-corrected chi connectivity index (χ1v) is 6.28. The second kappa shape index (κ2) is 6.10. The van der Waals surface area contributed by atoms with Gasteiger partial charge in [0.15, 0.2) is 11.5 Å². The van der Waals surface area contributed by atoms with Crippen LogP contribution in [-0.4, -0.2) is 22.8 Å². The second-order valence-corrected chi connectivity index (χ2v) is 4.53. The van der Waals surface area contributed by atoms with Gasteiger partial charge in [-0.15, -0.1) is 0 Å². The maximum atomic E-state index is 11.4. The highest BCUT2D eigenvalue weighted by molar-refractivity contribution is 5.76. The van der Waals surface area contributed by atoms with Gasteiger partial charge in [0, 0.05) is 0 Å². The van der Waals surface area contributed by atoms with Crippen molar-refractivity contribution in [3.8, 4) is 11.5 Å². The second-order valence-electron chi connectivity index (χ2n) is 4.53. The number of phenols is 1. The van der Waals surface area contributed by atoms with E-state index in [9.17, 15) is 15.0 Å². The number of aromatic hydroxyl groups is 1. The van der Waals surface area contributed by atoms with Crippen molar-refractivity contribution in [1.82, 2.24) is 0 Å². The zero-order valence-corrected chi connectivity index (χ0v) is 11.1. The molecular formula is C16H16O4. The SMILES string of the molecule is Cc1ccccc1C(COc1ccccc1O)C(=O)O. The fraction of sp³-hybridized carbons (Fsp3) is 0.188. The van der Waals surface area contributed by atoms with Crippen LogP contribution in [0.5, 0.6) is 11.5 Å². The van der Waals surface area contributed by atoms with Crippen LogP contribution in [0.1, 0.15) is 17.0 Å². The molecule has 20 heavy (non-hydrogen) atoms. The molecule has 4 heteroatoms. The number of aliphatic carboxylic acids is 1. The van der Waals surface area contributed by atoms with E-state index in [1.54, 1.807) is 30.3 Å². The van der Waals surface area contributed by atoms with Gasteiger partial charge < -0.3 is 14.9 Å². The molecule has 0 heterocycles. The number of phenolic OH excluding ortho intramolecular Hbond substituents is 1. The first-order valence-electron chi connectivity index (χ1n) is 6.28. The predicted octanol–water partition coefficient (Wildman–Crippen LogP) is 2.95. The molecule has 0 spiro atoms. The van der Waals surface area contributed by atoms with E-state index >= 15 is 0 Å². The summed E-state index contributed by atoms with van der Waals surface area (Å²) in [6.07, 6.45) is 0. The summed E-state index contributed by atoms with van der Waals surface area (Å²) in [7, 11) is 0. The Balaban J connectivity index is 2.18. The summed E-state index contributed by atoms with van der Waals surface area (Å²) in [5.41, 5.74) is 1.62. The largest absolute Gasteiger partial charge is 0.504 e. The van der Waals surface area contributed by atoms with Crippen LogP contribution in [0, 0.1) is 6.92 Å². The Morgan fingerprint density at radius 2 is 1.80 bits per heavy atom. The van der Waals surface area contributed by atoms with E-state index < -0.39 is 11.9 Å². The first kappa shape index (κ1) is 13.9. The van der Waals surface area contributed by atoms with E-state index in [1.807, 2.05) is 19.1 Å². The summed E-state index contributed by atoms with van der Waals surface area (Å²) in [5, 5.41) is 19.0. The fourth-order valence-corrected chi connectivity index (χ4v) is 2.02. The molecule has 4 nitrogen and oxygen atoms in total. The Labute approximate surface area is 117 Å². The van der Waals surface area contributed by atoms with E-state index in [0.29, 0.717) is 0 Å². The van der Waals surface area contributed by atoms with E-state index in [-0.39, 0.29) is 18.1 Å². The van der Waals surface area contributed by atoms with Gasteiger partial charge in [0.2, 0.25) is 0 Å². The average molecular weight is 272 g/mol. The van der Waals surface area contributed by atoms with Crippen molar-refractivity contribution >= 4 is 5.97 Å². The molecule has 0 aliphatic rings. The minimum Gasteiger partial charge on any atom is -0.504 e. The molecule has 0 bridgehead atoms. The standard InChI is InChI=1S/C16H16O4/c1-11-6-2-3-7-12(11)13(16(18)19)10-20-15-9-5-4-8-14(15)17/h2-9,13,17H,10H2,1H3,(H,18,19). The van der Waals surface area contributed by atoms with Crippen molar-refractivity contribution in [2.75, 3.05) is 6.61 Å². The third-order valence-corrected chi connectivity index (χ3v) is 3.13. The lowest BCUT2D eigenvalue weighted by molar-refractivity contribution is -0.139. The summed E-state index contributed by atoms with van der Waals surface area (Å²) in [4.78, 5) is 11.4. The lowest BCUT2D eigenvalue weighted by Gasteiger charge is -2.16. The fourth-order valence-electron chi connectivity index (χ4n) is 2.02. The van der Waals surface area contributed by atoms with Crippen LogP contribution in [0.25, 0.3) is 0 Å². The monoisotopic (exact) mass is 272 g/mol. The average Bonchev–Trinajstić information content (AvgIpc) is 2.42. The topological polar surface area (TPSA) is 66.8 Å². The smallest absolute Gasteiger partial charge is 0.314 e. The number of hydrogen-bond donors (Lipinski definition) is 2. The normalized spacial score (nSPS) is 11.8. The highest BCUT2D eigenvalue weighted by atomic mass is 16.5. The molecule has 0 aliphatic heterocycles. The molecule has 1 atom stereocenters. The molecule has 0 amide bonds. The zero-order chi connectivity index (χ0) is 14.5. The van der Waals surface area contributed by atoms with Crippen molar-refractivity contribution in [3.05, 3.63) is 59.7 Å². The van der Waals surface area contributed by atoms with Gasteiger partial charge in [-0.25, -0.2) is 0 Å². The van der Waals surface area contributed by atoms with Crippen LogP contribution in [-0.2, 0) is 4.79 Å². The number of carbonyl (C=O) groups is 1. The van der Waals surface area contributed by atoms with Crippen LogP contribution >= 0.6 is 0 Å². The molecule has 0 radical (unpaired) electrons. The van der Waals surface area contributed by atoms with Crippen molar-refractivity contribution in [3.63, 3.8) is 0 Å². The zero-order valence-electron chi connectivity index (χ0n) is 11.1. The molecule has 2 rings (SSSR count). The summed E-state index contributed by atoms with van der Waals surface area (Å²) in [5.74, 6) is -1.43. The summed E-state index contributed by atoms with van der Waals surface area (Å²) in [6.45, 7) is 1.84. The Bertz CT molecular complexity index is 607. The molecule has 0 saturated heterocycles. The van der Waals surface area contributed by atoms with Gasteiger partial charge in [-0.05, 0) is 30.2 Å². The van der Waals surface area contributed by atoms with Gasteiger partial charge in [0.25, 0.3) is 0 Å². The van der Waals surface area contributed by atoms with Crippen molar-refractivity contribution < 1.29 is 19.7 Å². The molecule has 2 N–H and O–H groups in total. The molecule has 0 aromatic heterocycles. The van der Waals surface area contributed by atoms with Gasteiger partial charge in [-0.2, -0.15) is 0 Å². The minimum atomic E-state index is -0.949. The molecule has 0 aliphatic carbocycles. The van der Waals surface area contributed by atoms with E-state index in [4.69, 9.17) is 4.74 Å². The third kappa shape index (κ3) is 3.09. The summed E-state index contributed by atoms with van der Waals surface area (Å²) < 4.78 is 5.44. The molecule has 104 valence electrons. The number of rotatable bonds is 5. The number of carboxylic acid groups (broad SMARTS) is 1. The number of ether oxygens (including phenoxy) is 1. The Hall–Kier alpha value is -2.49. The van der Waals surface area contributed by atoms with Crippen molar-refractivity contribution in [2.24, 2.45) is 0 Å². The van der Waals surface area contributed by atoms with Crippen molar-refractivity contribution in [1.29, 1.82) is 0 Å². The van der Waals surface area contributed by atoms with Crippen LogP contribution in [0.2, 0.25) is 0 Å². The van der Waals surface area contributed by atoms with E-state index in [2.05, 4.69) is 0 Å². The Kier molecular flexibility index (Phi) is 4.25. The van der Waals surface area contributed by atoms with Gasteiger partial charge in [-0.1, -0.05) is 36.4 Å². The van der Waals surface area contributed by atoms with Crippen LogP contribution < -0.4 is 4.74 Å². The highest BCUT2D eigenvalue weighted by Crippen LogP contribution is 2.27. The number of carboxylic acids is 1. The number of aryl methyl sites for hydroxylation is 1. The van der Waals surface area contributed by atoms with E-state index in [1.165, 1.54) is 6.07 Å². The third-order valence-electron chi connectivity index (χ3n) is 3.13. The van der Waals surface area contributed by atoms with Gasteiger partial charge in [0.05, 0.1) is 0 Å². The number of benzene rings is 2. The first-order chi connectivity index (χ1) is 9.59. The maximum absolute atomic E-state index is 11.4. The lowest BCUT2D eigenvalue weighted by Crippen LogP contribution is -2.20. The van der Waals surface area contributed by atoms with Gasteiger partial charge in [0.1, 0.15) is 12.5 Å². The maximum Gasteiger partial charge on any atom is 0.314 e. The summed E-state index contributed by atoms with van der Waals surface area (Å²) >= 11 is 0. The van der Waals surface area contributed by atoms with Gasteiger partial charge in [-0.3, -0.25) is 4.79 Å². The predicted molar refractivity (Wildman–Crippen MR) is 75.2 cm³/mol. The number of para-hydroxylation sites is 2. The molecule has 1 unspecified atom stereocenters. The quantitative estimate of drug-likeness (QED) is 0.878. The van der Waals surface area contributed by atoms with Gasteiger partial charge >= 0.3 is 5.97 Å². The number of hydrogen-bond acceptors (Lipinski definition) is 3. The molecule has 2 aromatic carbocycles. The van der Waals surface area contributed by atoms with Crippen molar-refractivity contribution in [2.45, 2.75) is 12.8 Å². The highest BCUT2D eigenvalue weighted by Gasteiger charge is 2.22. The minimum absolute atomic E-state index is 0.00132. The van der Waals surface area contributed by atoms with Crippen LogP contribution in [0.15, 0.2) is 48.5 Å². The Morgan fingerprint density at radius 3 is 2.45 bits per heavy atom.